The van der Waals surface area contributed by atoms with E-state index in [2.05, 4.69) is 25.5 Å². The van der Waals surface area contributed by atoms with E-state index in [0.717, 1.165) is 36.9 Å². The molecule has 22 heavy (non-hydrogen) atoms. The highest BCUT2D eigenvalue weighted by Crippen LogP contribution is 2.30. The molecule has 1 fully saturated rings. The van der Waals surface area contributed by atoms with E-state index in [-0.39, 0.29) is 11.3 Å². The summed E-state index contributed by atoms with van der Waals surface area (Å²) in [7, 11) is 0. The van der Waals surface area contributed by atoms with Crippen molar-refractivity contribution in [3.05, 3.63) is 18.0 Å². The molecule has 3 heterocycles. The van der Waals surface area contributed by atoms with Gasteiger partial charge in [-0.1, -0.05) is 0 Å². The number of nitrogens with zero attached hydrogens (tertiary/aromatic N) is 6. The van der Waals surface area contributed by atoms with Crippen LogP contribution in [0.15, 0.2) is 22.6 Å². The summed E-state index contributed by atoms with van der Waals surface area (Å²) < 4.78 is 44.9. The van der Waals surface area contributed by atoms with Gasteiger partial charge in [0.25, 0.3) is 0 Å². The number of ether oxygens (including phenoxy) is 1. The molecule has 2 aromatic rings. The molecule has 1 aliphatic heterocycles. The molecule has 3 rings (SSSR count). The SMILES string of the molecule is FC(F)(F)c1ccnc(Sc2nnnn2CC2CCCO2)n1. The average molecular weight is 332 g/mol. The van der Waals surface area contributed by atoms with Crippen LogP contribution in [0.2, 0.25) is 0 Å². The topological polar surface area (TPSA) is 78.6 Å². The summed E-state index contributed by atoms with van der Waals surface area (Å²) in [6.45, 7) is 1.15. The van der Waals surface area contributed by atoms with Crippen LogP contribution in [-0.2, 0) is 17.5 Å². The van der Waals surface area contributed by atoms with Gasteiger partial charge in [0, 0.05) is 12.8 Å². The maximum atomic E-state index is 12.6. The predicted molar refractivity (Wildman–Crippen MR) is 67.9 cm³/mol. The maximum absolute atomic E-state index is 12.6. The van der Waals surface area contributed by atoms with Gasteiger partial charge >= 0.3 is 6.18 Å². The van der Waals surface area contributed by atoms with Crippen LogP contribution in [0.3, 0.4) is 0 Å². The number of tetrazole rings is 1. The minimum atomic E-state index is -4.51. The van der Waals surface area contributed by atoms with E-state index in [0.29, 0.717) is 18.3 Å². The Morgan fingerprint density at radius 3 is 3.00 bits per heavy atom. The molecule has 0 N–H and O–H groups in total. The molecule has 2 aromatic heterocycles. The molecule has 0 radical (unpaired) electrons. The van der Waals surface area contributed by atoms with Crippen LogP contribution in [0.4, 0.5) is 13.2 Å². The molecule has 118 valence electrons. The van der Waals surface area contributed by atoms with E-state index in [4.69, 9.17) is 4.74 Å². The van der Waals surface area contributed by atoms with Crippen LogP contribution in [-0.4, -0.2) is 42.9 Å². The Kier molecular flexibility index (Phi) is 4.25. The van der Waals surface area contributed by atoms with Crippen molar-refractivity contribution in [1.29, 1.82) is 0 Å². The molecule has 0 saturated carbocycles. The van der Waals surface area contributed by atoms with Gasteiger partial charge in [0.2, 0.25) is 5.16 Å². The second-order valence-corrected chi connectivity index (χ2v) is 5.54. The summed E-state index contributed by atoms with van der Waals surface area (Å²) in [4.78, 5) is 7.29. The zero-order chi connectivity index (χ0) is 15.6. The zero-order valence-corrected chi connectivity index (χ0v) is 12.0. The molecule has 0 spiro atoms. The number of hydrogen-bond acceptors (Lipinski definition) is 7. The highest BCUT2D eigenvalue weighted by atomic mass is 32.2. The summed E-state index contributed by atoms with van der Waals surface area (Å²) in [5.74, 6) is 0. The third kappa shape index (κ3) is 3.53. The Bertz CT molecular complexity index is 643. The fourth-order valence-corrected chi connectivity index (χ4v) is 2.71. The maximum Gasteiger partial charge on any atom is 0.433 e. The van der Waals surface area contributed by atoms with Gasteiger partial charge in [-0.3, -0.25) is 0 Å². The van der Waals surface area contributed by atoms with Gasteiger partial charge in [-0.15, -0.1) is 5.10 Å². The van der Waals surface area contributed by atoms with Crippen molar-refractivity contribution in [1.82, 2.24) is 30.2 Å². The van der Waals surface area contributed by atoms with Crippen molar-refractivity contribution in [3.63, 3.8) is 0 Å². The van der Waals surface area contributed by atoms with Crippen molar-refractivity contribution >= 4 is 11.8 Å². The van der Waals surface area contributed by atoms with Crippen LogP contribution in [0.25, 0.3) is 0 Å². The average Bonchev–Trinajstić information content (AvgIpc) is 3.12. The number of halogens is 3. The van der Waals surface area contributed by atoms with Crippen molar-refractivity contribution in [2.45, 2.75) is 42.0 Å². The van der Waals surface area contributed by atoms with Gasteiger partial charge in [0.15, 0.2) is 5.16 Å². The van der Waals surface area contributed by atoms with E-state index in [1.807, 2.05) is 0 Å². The van der Waals surface area contributed by atoms with Gasteiger partial charge in [0.05, 0.1) is 12.6 Å². The number of hydrogen-bond donors (Lipinski definition) is 0. The minimum Gasteiger partial charge on any atom is -0.376 e. The van der Waals surface area contributed by atoms with Crippen LogP contribution in [0.1, 0.15) is 18.5 Å². The molecule has 0 bridgehead atoms. The van der Waals surface area contributed by atoms with Gasteiger partial charge in [-0.2, -0.15) is 13.2 Å². The number of alkyl halides is 3. The first-order valence-corrected chi connectivity index (χ1v) is 7.30. The molecule has 11 heteroatoms. The molecule has 0 amide bonds. The van der Waals surface area contributed by atoms with Gasteiger partial charge in [-0.25, -0.2) is 14.6 Å². The first-order chi connectivity index (χ1) is 10.5. The molecule has 7 nitrogen and oxygen atoms in total. The lowest BCUT2D eigenvalue weighted by molar-refractivity contribution is -0.141. The molecule has 1 atom stereocenters. The second-order valence-electron chi connectivity index (χ2n) is 4.60. The van der Waals surface area contributed by atoms with Crippen molar-refractivity contribution in [2.24, 2.45) is 0 Å². The lowest BCUT2D eigenvalue weighted by Crippen LogP contribution is -2.17. The normalized spacial score (nSPS) is 18.8. The van der Waals surface area contributed by atoms with E-state index in [1.165, 1.54) is 4.68 Å². The summed E-state index contributed by atoms with van der Waals surface area (Å²) in [6, 6.07) is 0.819. The van der Waals surface area contributed by atoms with Crippen LogP contribution in [0, 0.1) is 0 Å². The number of aromatic nitrogens is 6. The lowest BCUT2D eigenvalue weighted by Gasteiger charge is -2.10. The van der Waals surface area contributed by atoms with E-state index in [1.54, 1.807) is 0 Å². The second kappa shape index (κ2) is 6.16. The van der Waals surface area contributed by atoms with Gasteiger partial charge in [0.1, 0.15) is 5.69 Å². The quantitative estimate of drug-likeness (QED) is 0.790. The molecule has 1 unspecified atom stereocenters. The van der Waals surface area contributed by atoms with Crippen LogP contribution >= 0.6 is 11.8 Å². The first-order valence-electron chi connectivity index (χ1n) is 6.48. The van der Waals surface area contributed by atoms with E-state index >= 15 is 0 Å². The van der Waals surface area contributed by atoms with Crippen molar-refractivity contribution in [2.75, 3.05) is 6.61 Å². The highest BCUT2D eigenvalue weighted by Gasteiger charge is 2.33. The fraction of sp³-hybridized carbons (Fsp3) is 0.545. The standard InChI is InChI=1S/C11H11F3N6OS/c12-11(13,14)8-3-4-15-9(16-8)22-10-17-18-19-20(10)6-7-2-1-5-21-7/h3-4,7H,1-2,5-6H2. The lowest BCUT2D eigenvalue weighted by atomic mass is 10.2. The molecule has 1 aliphatic rings. The summed E-state index contributed by atoms with van der Waals surface area (Å²) >= 11 is 0.884. The Morgan fingerprint density at radius 1 is 1.41 bits per heavy atom. The van der Waals surface area contributed by atoms with Crippen molar-refractivity contribution < 1.29 is 17.9 Å². The van der Waals surface area contributed by atoms with E-state index < -0.39 is 11.9 Å². The third-order valence-electron chi connectivity index (χ3n) is 3.01. The smallest absolute Gasteiger partial charge is 0.376 e. The summed E-state index contributed by atoms with van der Waals surface area (Å²) in [5.41, 5.74) is -0.997. The Balaban J connectivity index is 1.75. The Morgan fingerprint density at radius 2 is 2.27 bits per heavy atom. The molecule has 0 aromatic carbocycles. The highest BCUT2D eigenvalue weighted by molar-refractivity contribution is 7.99. The van der Waals surface area contributed by atoms with Crippen molar-refractivity contribution in [3.8, 4) is 0 Å². The van der Waals surface area contributed by atoms with Gasteiger partial charge < -0.3 is 4.74 Å². The molecular formula is C11H11F3N6OS. The zero-order valence-electron chi connectivity index (χ0n) is 11.2. The van der Waals surface area contributed by atoms with Gasteiger partial charge in [-0.05, 0) is 41.1 Å². The molecule has 0 aliphatic carbocycles. The summed E-state index contributed by atoms with van der Waals surface area (Å²) in [6.07, 6.45) is -1.55. The molecule has 1 saturated heterocycles. The first kappa shape index (κ1) is 15.2. The van der Waals surface area contributed by atoms with Crippen LogP contribution < -0.4 is 0 Å². The minimum absolute atomic E-state index is 0.0188. The van der Waals surface area contributed by atoms with E-state index in [9.17, 15) is 13.2 Å². The monoisotopic (exact) mass is 332 g/mol. The fourth-order valence-electron chi connectivity index (χ4n) is 1.99. The Labute approximate surface area is 127 Å². The Hall–Kier alpha value is -1.75. The molecular weight excluding hydrogens is 321 g/mol. The largest absolute Gasteiger partial charge is 0.433 e. The summed E-state index contributed by atoms with van der Waals surface area (Å²) in [5, 5.41) is 11.4. The van der Waals surface area contributed by atoms with Crippen LogP contribution in [0.5, 0.6) is 0 Å². The number of rotatable bonds is 4. The predicted octanol–water partition coefficient (Wildman–Crippen LogP) is 1.81. The third-order valence-corrected chi connectivity index (χ3v) is 3.86.